The first-order valence-corrected chi connectivity index (χ1v) is 23.4. The van der Waals surface area contributed by atoms with Crippen molar-refractivity contribution in [3.63, 3.8) is 0 Å². The zero-order chi connectivity index (χ0) is 41.1. The third-order valence-electron chi connectivity index (χ3n) is 11.7. The molecule has 0 amide bonds. The summed E-state index contributed by atoms with van der Waals surface area (Å²) in [5.74, 6) is 0.401. The summed E-state index contributed by atoms with van der Waals surface area (Å²) in [6.45, 7) is 12.8. The van der Waals surface area contributed by atoms with Crippen LogP contribution in [0, 0.1) is 0 Å². The van der Waals surface area contributed by atoms with E-state index in [9.17, 15) is 4.79 Å². The molecule has 3 fully saturated rings. The van der Waals surface area contributed by atoms with E-state index in [1.54, 1.807) is 13.4 Å². The zero-order valence-electron chi connectivity index (χ0n) is 35.1. The van der Waals surface area contributed by atoms with Crippen LogP contribution in [-0.4, -0.2) is 90.6 Å². The summed E-state index contributed by atoms with van der Waals surface area (Å²) in [7, 11) is 0.850. The first kappa shape index (κ1) is 44.0. The van der Waals surface area contributed by atoms with Gasteiger partial charge in [-0.1, -0.05) is 93.6 Å². The van der Waals surface area contributed by atoms with Crippen LogP contribution in [0.15, 0.2) is 97.3 Å². The first-order valence-electron chi connectivity index (χ1n) is 20.5. The minimum absolute atomic E-state index is 0.00864. The van der Waals surface area contributed by atoms with Gasteiger partial charge >= 0.3 is 5.97 Å². The quantitative estimate of drug-likeness (QED) is 0.0744. The predicted octanol–water partition coefficient (Wildman–Crippen LogP) is 8.47. The molecule has 0 saturated carbocycles. The second-order valence-corrected chi connectivity index (χ2v) is 21.6. The molecule has 0 spiro atoms. The third-order valence-corrected chi connectivity index (χ3v) is 16.2. The van der Waals surface area contributed by atoms with E-state index in [0.29, 0.717) is 45.7 Å². The number of benzene rings is 3. The number of methoxy groups -OCH3 is 2. The second-order valence-electron chi connectivity index (χ2n) is 16.8. The van der Waals surface area contributed by atoms with Crippen molar-refractivity contribution in [1.82, 2.24) is 0 Å². The lowest BCUT2D eigenvalue weighted by Gasteiger charge is -2.48. The largest absolute Gasteiger partial charge is 0.497 e. The number of hydrogen-bond donors (Lipinski definition) is 0. The second kappa shape index (κ2) is 20.6. The summed E-state index contributed by atoms with van der Waals surface area (Å²) in [4.78, 5) is 12.6. The molecule has 3 saturated heterocycles. The molecule has 3 aliphatic rings. The monoisotopic (exact) mass is 818 g/mol. The molecule has 3 aromatic carbocycles. The Labute approximate surface area is 345 Å². The SMILES string of the molecule is COC(=O)C[C@H]1O[C@@H](COCc2ccccc2)[C@H](OCc2ccccc2)C[C@@H]1O/C=C\C[C@@H]1O[C@@H]2CO[C@@H](c3ccc(OC)cc3)O[C@H]2C[C@H]1O[Si](C)(C)C(C)(C)C. The Morgan fingerprint density at radius 2 is 1.47 bits per heavy atom. The molecular weight excluding hydrogens is 757 g/mol. The van der Waals surface area contributed by atoms with Gasteiger partial charge in [0.25, 0.3) is 0 Å². The van der Waals surface area contributed by atoms with Crippen LogP contribution in [0.4, 0.5) is 0 Å². The first-order chi connectivity index (χ1) is 27.9. The van der Waals surface area contributed by atoms with Gasteiger partial charge < -0.3 is 47.1 Å². The van der Waals surface area contributed by atoms with E-state index in [0.717, 1.165) is 22.4 Å². The van der Waals surface area contributed by atoms with E-state index < -0.39 is 32.9 Å². The number of ether oxygens (including phenoxy) is 9. The standard InChI is InChI=1S/C46H62O11Si/c1-46(2,3)58(6,7)57-41-26-39-43(31-53-45(56-39)34-20-22-35(48-4)23-21-34)54-36(41)19-14-24-51-37-25-38(52-29-33-17-12-9-13-18-33)42(55-40(37)27-44(47)49-5)30-50-28-32-15-10-8-11-16-32/h8-18,20-24,36-43,45H,19,25-31H2,1-7H3/b24-14-/t36-,37-,38+,39-,40+,41+,42-,43+,45+/m0/s1. The molecule has 0 bridgehead atoms. The highest BCUT2D eigenvalue weighted by molar-refractivity contribution is 6.74. The van der Waals surface area contributed by atoms with Crippen LogP contribution in [0.2, 0.25) is 18.1 Å². The van der Waals surface area contributed by atoms with Gasteiger partial charge in [0.2, 0.25) is 0 Å². The summed E-state index contributed by atoms with van der Waals surface area (Å²) in [6.07, 6.45) is 2.21. The maximum atomic E-state index is 12.6. The van der Waals surface area contributed by atoms with Crippen molar-refractivity contribution in [1.29, 1.82) is 0 Å². The fourth-order valence-electron chi connectivity index (χ4n) is 7.24. The van der Waals surface area contributed by atoms with Crippen molar-refractivity contribution >= 4 is 14.3 Å². The Balaban J connectivity index is 1.13. The van der Waals surface area contributed by atoms with Gasteiger partial charge in [-0.2, -0.15) is 0 Å². The fourth-order valence-corrected chi connectivity index (χ4v) is 8.60. The Bertz CT molecular complexity index is 1710. The van der Waals surface area contributed by atoms with Gasteiger partial charge in [0.15, 0.2) is 14.6 Å². The minimum Gasteiger partial charge on any atom is -0.497 e. The van der Waals surface area contributed by atoms with Crippen LogP contribution in [0.5, 0.6) is 5.75 Å². The summed E-state index contributed by atoms with van der Waals surface area (Å²) in [5, 5.41) is 0.00864. The molecule has 12 heteroatoms. The summed E-state index contributed by atoms with van der Waals surface area (Å²) >= 11 is 0. The smallest absolute Gasteiger partial charge is 0.308 e. The number of carbonyl (C=O) groups excluding carboxylic acids is 1. The fraction of sp³-hybridized carbons (Fsp3) is 0.543. The molecule has 0 aliphatic carbocycles. The lowest BCUT2D eigenvalue weighted by molar-refractivity contribution is -0.300. The molecule has 0 N–H and O–H groups in total. The Kier molecular flexibility index (Phi) is 15.6. The van der Waals surface area contributed by atoms with E-state index >= 15 is 0 Å². The molecule has 6 rings (SSSR count). The topological polar surface area (TPSA) is 109 Å². The summed E-state index contributed by atoms with van der Waals surface area (Å²) in [6, 6.07) is 27.8. The van der Waals surface area contributed by atoms with Crippen LogP contribution < -0.4 is 4.74 Å². The van der Waals surface area contributed by atoms with Crippen molar-refractivity contribution in [2.75, 3.05) is 27.4 Å². The van der Waals surface area contributed by atoms with E-state index in [-0.39, 0.29) is 47.9 Å². The van der Waals surface area contributed by atoms with Crippen LogP contribution in [0.25, 0.3) is 0 Å². The lowest BCUT2D eigenvalue weighted by Crippen LogP contribution is -2.57. The molecule has 11 nitrogen and oxygen atoms in total. The van der Waals surface area contributed by atoms with Gasteiger partial charge in [-0.15, -0.1) is 0 Å². The maximum Gasteiger partial charge on any atom is 0.308 e. The van der Waals surface area contributed by atoms with E-state index in [2.05, 4.69) is 33.9 Å². The number of hydrogen-bond acceptors (Lipinski definition) is 11. The Morgan fingerprint density at radius 3 is 2.12 bits per heavy atom. The number of esters is 1. The average molecular weight is 819 g/mol. The predicted molar refractivity (Wildman–Crippen MR) is 222 cm³/mol. The highest BCUT2D eigenvalue weighted by Crippen LogP contribution is 2.42. The van der Waals surface area contributed by atoms with Crippen LogP contribution in [0.3, 0.4) is 0 Å². The molecule has 9 atom stereocenters. The molecule has 58 heavy (non-hydrogen) atoms. The van der Waals surface area contributed by atoms with Gasteiger partial charge in [-0.25, -0.2) is 0 Å². The van der Waals surface area contributed by atoms with Crippen molar-refractivity contribution < 1.29 is 51.9 Å². The molecule has 3 aromatic rings. The van der Waals surface area contributed by atoms with Gasteiger partial charge in [0.1, 0.15) is 30.2 Å². The molecule has 3 aliphatic heterocycles. The lowest BCUT2D eigenvalue weighted by atomic mass is 9.95. The van der Waals surface area contributed by atoms with Crippen LogP contribution in [0.1, 0.15) is 69.4 Å². The van der Waals surface area contributed by atoms with Gasteiger partial charge in [0, 0.05) is 18.4 Å². The molecule has 0 aromatic heterocycles. The number of carbonyl (C=O) groups is 1. The third kappa shape index (κ3) is 12.0. The van der Waals surface area contributed by atoms with Crippen LogP contribution >= 0.6 is 0 Å². The van der Waals surface area contributed by atoms with Crippen molar-refractivity contribution in [2.45, 2.75) is 133 Å². The van der Waals surface area contributed by atoms with Gasteiger partial charge in [-0.3, -0.25) is 4.79 Å². The van der Waals surface area contributed by atoms with E-state index in [1.165, 1.54) is 7.11 Å². The van der Waals surface area contributed by atoms with Crippen molar-refractivity contribution in [3.8, 4) is 5.75 Å². The van der Waals surface area contributed by atoms with Crippen molar-refractivity contribution in [3.05, 3.63) is 114 Å². The van der Waals surface area contributed by atoms with E-state index in [1.807, 2.05) is 91.0 Å². The highest BCUT2D eigenvalue weighted by atomic mass is 28.4. The van der Waals surface area contributed by atoms with Crippen molar-refractivity contribution in [2.24, 2.45) is 0 Å². The zero-order valence-corrected chi connectivity index (χ0v) is 36.1. The summed E-state index contributed by atoms with van der Waals surface area (Å²) < 4.78 is 62.6. The Hall–Kier alpha value is -3.59. The molecule has 0 radical (unpaired) electrons. The van der Waals surface area contributed by atoms with Gasteiger partial charge in [-0.05, 0) is 53.9 Å². The highest BCUT2D eigenvalue weighted by Gasteiger charge is 2.47. The molecule has 3 heterocycles. The minimum atomic E-state index is -2.18. The summed E-state index contributed by atoms with van der Waals surface area (Å²) in [5.41, 5.74) is 3.04. The normalized spacial score (nSPS) is 27.8. The number of rotatable bonds is 17. The van der Waals surface area contributed by atoms with E-state index in [4.69, 9.17) is 47.1 Å². The molecule has 316 valence electrons. The van der Waals surface area contributed by atoms with Crippen LogP contribution in [-0.2, 0) is 60.3 Å². The number of fused-ring (bicyclic) bond motifs is 1. The molecular formula is C46H62O11Si. The average Bonchev–Trinajstić information content (AvgIpc) is 3.22. The van der Waals surface area contributed by atoms with Gasteiger partial charge in [0.05, 0.1) is 77.7 Å². The molecule has 0 unspecified atom stereocenters. The maximum absolute atomic E-state index is 12.6. The Morgan fingerprint density at radius 1 is 0.776 bits per heavy atom.